The molecule has 0 unspecified atom stereocenters. The van der Waals surface area contributed by atoms with Crippen molar-refractivity contribution in [2.24, 2.45) is 0 Å². The van der Waals surface area contributed by atoms with Crippen LogP contribution in [0.5, 0.6) is 0 Å². The summed E-state index contributed by atoms with van der Waals surface area (Å²) in [5.41, 5.74) is 11.3. The molecule has 0 N–H and O–H groups in total. The minimum absolute atomic E-state index is 0.663. The fraction of sp³-hybridized carbons (Fsp3) is 0. The molecule has 12 rings (SSSR count). The van der Waals surface area contributed by atoms with E-state index in [0.717, 1.165) is 116 Å². The monoisotopic (exact) mass is 752 g/mol. The Balaban J connectivity index is 0.977. The molecule has 0 saturated carbocycles. The molecule has 5 heteroatoms. The predicted molar refractivity (Wildman–Crippen MR) is 242 cm³/mol. The van der Waals surface area contributed by atoms with Crippen LogP contribution in [-0.2, 0) is 0 Å². The van der Waals surface area contributed by atoms with Gasteiger partial charge in [-0.15, -0.1) is 0 Å². The van der Waals surface area contributed by atoms with Gasteiger partial charge in [0.05, 0.1) is 28.3 Å². The lowest BCUT2D eigenvalue weighted by Crippen LogP contribution is -1.98. The summed E-state index contributed by atoms with van der Waals surface area (Å²) in [6, 6.07) is 65.4. The number of para-hydroxylation sites is 2. The van der Waals surface area contributed by atoms with Gasteiger partial charge >= 0.3 is 0 Å². The highest BCUT2D eigenvalue weighted by atomic mass is 16.3. The van der Waals surface area contributed by atoms with Crippen molar-refractivity contribution in [3.63, 3.8) is 0 Å². The van der Waals surface area contributed by atoms with Crippen molar-refractivity contribution in [3.05, 3.63) is 194 Å². The molecule has 0 atom stereocenters. The molecule has 4 aromatic heterocycles. The van der Waals surface area contributed by atoms with E-state index in [1.54, 1.807) is 0 Å². The lowest BCUT2D eigenvalue weighted by molar-refractivity contribution is 0.673. The Morgan fingerprint density at radius 1 is 0.373 bits per heavy atom. The third-order valence-corrected chi connectivity index (χ3v) is 11.5. The minimum Gasteiger partial charge on any atom is -0.455 e. The highest BCUT2D eigenvalue weighted by molar-refractivity contribution is 6.24. The van der Waals surface area contributed by atoms with Gasteiger partial charge in [0.15, 0.2) is 5.82 Å². The van der Waals surface area contributed by atoms with Gasteiger partial charge in [-0.1, -0.05) is 152 Å². The summed E-state index contributed by atoms with van der Waals surface area (Å²) in [7, 11) is 0. The van der Waals surface area contributed by atoms with Gasteiger partial charge in [0, 0.05) is 55.2 Å². The Labute approximate surface area is 338 Å². The molecule has 5 nitrogen and oxygen atoms in total. The number of hydrogen-bond acceptors (Lipinski definition) is 5. The predicted octanol–water partition coefficient (Wildman–Crippen LogP) is 14.1. The van der Waals surface area contributed by atoms with Crippen LogP contribution >= 0.6 is 0 Å². The number of aromatic nitrogens is 4. The van der Waals surface area contributed by atoms with E-state index in [1.165, 1.54) is 0 Å². The summed E-state index contributed by atoms with van der Waals surface area (Å²) in [5.74, 6) is 0.663. The summed E-state index contributed by atoms with van der Waals surface area (Å²) in [6.45, 7) is 0. The summed E-state index contributed by atoms with van der Waals surface area (Å²) < 4.78 is 6.57. The number of benzene rings is 8. The van der Waals surface area contributed by atoms with E-state index in [-0.39, 0.29) is 0 Å². The molecule has 0 fully saturated rings. The first-order valence-electron chi connectivity index (χ1n) is 19.8. The van der Waals surface area contributed by atoms with E-state index >= 15 is 0 Å². The van der Waals surface area contributed by atoms with Crippen LogP contribution in [0.25, 0.3) is 122 Å². The van der Waals surface area contributed by atoms with Gasteiger partial charge in [-0.25, -0.2) is 15.0 Å². The normalized spacial score (nSPS) is 11.7. The van der Waals surface area contributed by atoms with E-state index in [0.29, 0.717) is 5.82 Å². The molecule has 0 aliphatic carbocycles. The second-order valence-electron chi connectivity index (χ2n) is 15.0. The molecule has 0 saturated heterocycles. The summed E-state index contributed by atoms with van der Waals surface area (Å²) >= 11 is 0. The van der Waals surface area contributed by atoms with E-state index in [9.17, 15) is 0 Å². The van der Waals surface area contributed by atoms with Gasteiger partial charge < -0.3 is 4.42 Å². The van der Waals surface area contributed by atoms with E-state index in [1.807, 2.05) is 36.5 Å². The van der Waals surface area contributed by atoms with Crippen molar-refractivity contribution >= 4 is 65.2 Å². The molecule has 0 bridgehead atoms. The standard InChI is InChI=1S/C54H32N4O/c1-3-16-39-34(11-1)13-10-20-43(39)54-57-47(32-48(58-54)52-40-17-4-2-12-35(40)29-30-55-52)36-25-23-33(24-26-36)37-14-9-15-38(31-37)51-45-28-27-42-41-18-6-8-22-49(41)59-53(42)50(45)44-19-5-7-21-46(44)56-51/h1-32H. The van der Waals surface area contributed by atoms with Crippen molar-refractivity contribution in [3.8, 4) is 56.4 Å². The molecule has 274 valence electrons. The van der Waals surface area contributed by atoms with Crippen LogP contribution in [0.4, 0.5) is 0 Å². The number of rotatable bonds is 5. The second-order valence-corrected chi connectivity index (χ2v) is 15.0. The SMILES string of the molecule is c1cc(-c2ccc(-c3cc(-c4nccc5ccccc45)nc(-c4cccc5ccccc45)n3)cc2)cc(-c2nc3ccccc3c3c2ccc2c4ccccc4oc23)c1. The number of hydrogen-bond donors (Lipinski definition) is 0. The Kier molecular flexibility index (Phi) is 7.47. The largest absolute Gasteiger partial charge is 0.455 e. The van der Waals surface area contributed by atoms with Crippen molar-refractivity contribution in [2.75, 3.05) is 0 Å². The summed E-state index contributed by atoms with van der Waals surface area (Å²) in [6.07, 6.45) is 1.86. The highest BCUT2D eigenvalue weighted by Crippen LogP contribution is 2.41. The third-order valence-electron chi connectivity index (χ3n) is 11.5. The zero-order chi connectivity index (χ0) is 38.9. The molecule has 12 aromatic rings. The van der Waals surface area contributed by atoms with Crippen LogP contribution in [0.2, 0.25) is 0 Å². The molecule has 0 spiro atoms. The molecule has 0 radical (unpaired) electrons. The topological polar surface area (TPSA) is 64.7 Å². The first kappa shape index (κ1) is 33.2. The van der Waals surface area contributed by atoms with Gasteiger partial charge in [0.2, 0.25) is 0 Å². The zero-order valence-corrected chi connectivity index (χ0v) is 31.7. The van der Waals surface area contributed by atoms with Crippen LogP contribution in [0.3, 0.4) is 0 Å². The maximum absolute atomic E-state index is 6.57. The van der Waals surface area contributed by atoms with Crippen molar-refractivity contribution in [2.45, 2.75) is 0 Å². The van der Waals surface area contributed by atoms with Crippen LogP contribution in [0.15, 0.2) is 199 Å². The van der Waals surface area contributed by atoms with Crippen LogP contribution in [0.1, 0.15) is 0 Å². The number of nitrogens with zero attached hydrogens (tertiary/aromatic N) is 4. The quantitative estimate of drug-likeness (QED) is 0.164. The maximum Gasteiger partial charge on any atom is 0.161 e. The molecule has 0 aliphatic rings. The number of fused-ring (bicyclic) bond motifs is 9. The highest BCUT2D eigenvalue weighted by Gasteiger charge is 2.19. The Morgan fingerprint density at radius 3 is 1.92 bits per heavy atom. The molecular weight excluding hydrogens is 721 g/mol. The Morgan fingerprint density at radius 2 is 1.03 bits per heavy atom. The van der Waals surface area contributed by atoms with Crippen LogP contribution in [0, 0.1) is 0 Å². The molecule has 4 heterocycles. The fourth-order valence-corrected chi connectivity index (χ4v) is 8.70. The molecule has 0 amide bonds. The average molecular weight is 753 g/mol. The van der Waals surface area contributed by atoms with Gasteiger partial charge in [-0.05, 0) is 63.7 Å². The van der Waals surface area contributed by atoms with Gasteiger partial charge in [-0.2, -0.15) is 0 Å². The fourth-order valence-electron chi connectivity index (χ4n) is 8.70. The summed E-state index contributed by atoms with van der Waals surface area (Å²) in [5, 5.41) is 9.86. The van der Waals surface area contributed by atoms with Gasteiger partial charge in [-0.3, -0.25) is 4.98 Å². The lowest BCUT2D eigenvalue weighted by atomic mass is 9.95. The first-order valence-corrected chi connectivity index (χ1v) is 19.8. The minimum atomic E-state index is 0.663. The Hall–Kier alpha value is -8.02. The van der Waals surface area contributed by atoms with Crippen molar-refractivity contribution < 1.29 is 4.42 Å². The van der Waals surface area contributed by atoms with Crippen LogP contribution < -0.4 is 0 Å². The number of pyridine rings is 2. The smallest absolute Gasteiger partial charge is 0.161 e. The third kappa shape index (κ3) is 5.47. The van der Waals surface area contributed by atoms with Gasteiger partial charge in [0.1, 0.15) is 11.2 Å². The maximum atomic E-state index is 6.57. The molecular formula is C54H32N4O. The zero-order valence-electron chi connectivity index (χ0n) is 31.7. The number of furan rings is 1. The first-order chi connectivity index (χ1) is 29.2. The van der Waals surface area contributed by atoms with Gasteiger partial charge in [0.25, 0.3) is 0 Å². The van der Waals surface area contributed by atoms with E-state index in [4.69, 9.17) is 24.4 Å². The van der Waals surface area contributed by atoms with E-state index < -0.39 is 0 Å². The van der Waals surface area contributed by atoms with E-state index in [2.05, 4.69) is 158 Å². The average Bonchev–Trinajstić information content (AvgIpc) is 3.70. The molecule has 0 aliphatic heterocycles. The Bertz CT molecular complexity index is 3520. The summed E-state index contributed by atoms with van der Waals surface area (Å²) in [4.78, 5) is 20.5. The van der Waals surface area contributed by atoms with Crippen LogP contribution in [-0.4, -0.2) is 19.9 Å². The van der Waals surface area contributed by atoms with Crippen molar-refractivity contribution in [1.82, 2.24) is 19.9 Å². The second kappa shape index (κ2) is 13.3. The molecule has 8 aromatic carbocycles. The molecule has 59 heavy (non-hydrogen) atoms. The lowest BCUT2D eigenvalue weighted by Gasteiger charge is -2.13. The van der Waals surface area contributed by atoms with Crippen molar-refractivity contribution in [1.29, 1.82) is 0 Å².